The molecule has 0 radical (unpaired) electrons. The average molecular weight is 336 g/mol. The van der Waals surface area contributed by atoms with E-state index in [1.165, 1.54) is 23.3 Å². The van der Waals surface area contributed by atoms with Gasteiger partial charge in [-0.2, -0.15) is 0 Å². The third-order valence-electron chi connectivity index (χ3n) is 4.20. The van der Waals surface area contributed by atoms with Gasteiger partial charge in [-0.15, -0.1) is 11.3 Å². The van der Waals surface area contributed by atoms with E-state index in [1.807, 2.05) is 0 Å². The van der Waals surface area contributed by atoms with Gasteiger partial charge in [0.25, 0.3) is 0 Å². The Balaban J connectivity index is 1.59. The van der Waals surface area contributed by atoms with Crippen LogP contribution in [0.4, 0.5) is 0 Å². The number of nitrogens with zero attached hydrogens (tertiary/aromatic N) is 3. The number of rotatable bonds is 4. The Kier molecular flexibility index (Phi) is 5.47. The third-order valence-corrected chi connectivity index (χ3v) is 5.23. The summed E-state index contributed by atoms with van der Waals surface area (Å²) < 4.78 is 0.642. The van der Waals surface area contributed by atoms with Gasteiger partial charge in [-0.1, -0.05) is 41.9 Å². The molecule has 2 heterocycles. The highest BCUT2D eigenvalue weighted by Gasteiger charge is 2.22. The summed E-state index contributed by atoms with van der Waals surface area (Å²) in [5, 5.41) is 2.07. The first kappa shape index (κ1) is 15.9. The minimum Gasteiger partial charge on any atom is -0.297 e. The van der Waals surface area contributed by atoms with Crippen molar-refractivity contribution in [2.45, 2.75) is 32.5 Å². The summed E-state index contributed by atoms with van der Waals surface area (Å²) in [7, 11) is 0. The number of halogens is 1. The van der Waals surface area contributed by atoms with Gasteiger partial charge >= 0.3 is 0 Å². The Hall–Kier alpha value is -0.940. The molecular formula is C17H22ClN3S. The number of hydrogen-bond acceptors (Lipinski definition) is 4. The van der Waals surface area contributed by atoms with Gasteiger partial charge in [-0.25, -0.2) is 4.98 Å². The second-order valence-electron chi connectivity index (χ2n) is 5.99. The maximum atomic E-state index is 5.94. The quantitative estimate of drug-likeness (QED) is 0.845. The van der Waals surface area contributed by atoms with Crippen molar-refractivity contribution >= 4 is 22.9 Å². The maximum Gasteiger partial charge on any atom is 0.183 e. The van der Waals surface area contributed by atoms with Crippen molar-refractivity contribution in [1.29, 1.82) is 0 Å². The van der Waals surface area contributed by atoms with Crippen LogP contribution in [0, 0.1) is 0 Å². The summed E-state index contributed by atoms with van der Waals surface area (Å²) in [6.45, 7) is 7.66. The van der Waals surface area contributed by atoms with Crippen molar-refractivity contribution in [3.63, 3.8) is 0 Å². The molecule has 1 saturated heterocycles. The van der Waals surface area contributed by atoms with E-state index in [4.69, 9.17) is 11.6 Å². The lowest BCUT2D eigenvalue weighted by molar-refractivity contribution is 0.179. The number of benzene rings is 1. The Labute approximate surface area is 141 Å². The first-order chi connectivity index (χ1) is 10.7. The predicted molar refractivity (Wildman–Crippen MR) is 93.3 cm³/mol. The molecule has 1 aliphatic heterocycles. The SMILES string of the molecule is CC1CN(Cc2ccccc2)CCCN1Cc1csc(Cl)n1. The Morgan fingerprint density at radius 3 is 2.77 bits per heavy atom. The molecule has 1 aliphatic rings. The van der Waals surface area contributed by atoms with Gasteiger partial charge in [0.2, 0.25) is 0 Å². The molecule has 3 nitrogen and oxygen atoms in total. The van der Waals surface area contributed by atoms with E-state index in [2.05, 4.69) is 57.4 Å². The van der Waals surface area contributed by atoms with Gasteiger partial charge < -0.3 is 0 Å². The topological polar surface area (TPSA) is 19.4 Å². The zero-order valence-corrected chi connectivity index (χ0v) is 14.5. The van der Waals surface area contributed by atoms with Crippen LogP contribution in [0.3, 0.4) is 0 Å². The van der Waals surface area contributed by atoms with Crippen molar-refractivity contribution in [2.75, 3.05) is 19.6 Å². The van der Waals surface area contributed by atoms with Gasteiger partial charge in [0, 0.05) is 37.6 Å². The van der Waals surface area contributed by atoms with E-state index in [0.29, 0.717) is 10.5 Å². The Morgan fingerprint density at radius 2 is 2.05 bits per heavy atom. The zero-order chi connectivity index (χ0) is 15.4. The van der Waals surface area contributed by atoms with Gasteiger partial charge in [0.1, 0.15) is 0 Å². The lowest BCUT2D eigenvalue weighted by Gasteiger charge is -2.28. The van der Waals surface area contributed by atoms with Gasteiger partial charge in [-0.3, -0.25) is 9.80 Å². The van der Waals surface area contributed by atoms with E-state index in [1.54, 1.807) is 0 Å². The molecule has 0 bridgehead atoms. The largest absolute Gasteiger partial charge is 0.297 e. The van der Waals surface area contributed by atoms with E-state index in [9.17, 15) is 0 Å². The molecule has 0 saturated carbocycles. The van der Waals surface area contributed by atoms with Crippen molar-refractivity contribution in [3.05, 3.63) is 51.4 Å². The molecule has 0 amide bonds. The molecule has 1 aromatic heterocycles. The van der Waals surface area contributed by atoms with Crippen LogP contribution in [0.1, 0.15) is 24.6 Å². The smallest absolute Gasteiger partial charge is 0.183 e. The van der Waals surface area contributed by atoms with Crippen LogP contribution in [-0.2, 0) is 13.1 Å². The normalized spacial score (nSPS) is 20.9. The fraction of sp³-hybridized carbons (Fsp3) is 0.471. The van der Waals surface area contributed by atoms with E-state index >= 15 is 0 Å². The van der Waals surface area contributed by atoms with Crippen molar-refractivity contribution in [1.82, 2.24) is 14.8 Å². The molecule has 2 aromatic rings. The fourth-order valence-corrected chi connectivity index (χ4v) is 3.85. The van der Waals surface area contributed by atoms with Crippen LogP contribution >= 0.6 is 22.9 Å². The van der Waals surface area contributed by atoms with Crippen LogP contribution < -0.4 is 0 Å². The molecule has 3 rings (SSSR count). The lowest BCUT2D eigenvalue weighted by atomic mass is 10.2. The molecule has 1 atom stereocenters. The maximum absolute atomic E-state index is 5.94. The zero-order valence-electron chi connectivity index (χ0n) is 12.9. The molecule has 0 N–H and O–H groups in total. The Bertz CT molecular complexity index is 587. The standard InChI is InChI=1S/C17H22ClN3S/c1-14-10-20(11-15-6-3-2-4-7-15)8-5-9-21(14)12-16-13-22-17(18)19-16/h2-4,6-7,13-14H,5,8-12H2,1H3. The highest BCUT2D eigenvalue weighted by Crippen LogP contribution is 2.19. The van der Waals surface area contributed by atoms with E-state index in [-0.39, 0.29) is 0 Å². The van der Waals surface area contributed by atoms with Crippen molar-refractivity contribution < 1.29 is 0 Å². The van der Waals surface area contributed by atoms with E-state index < -0.39 is 0 Å². The first-order valence-corrected chi connectivity index (χ1v) is 9.07. The highest BCUT2D eigenvalue weighted by molar-refractivity contribution is 7.13. The summed E-state index contributed by atoms with van der Waals surface area (Å²) in [5.74, 6) is 0. The van der Waals surface area contributed by atoms with Crippen molar-refractivity contribution in [2.24, 2.45) is 0 Å². The minimum absolute atomic E-state index is 0.534. The summed E-state index contributed by atoms with van der Waals surface area (Å²) in [5.41, 5.74) is 2.49. The molecular weight excluding hydrogens is 314 g/mol. The average Bonchev–Trinajstić information content (AvgIpc) is 2.84. The summed E-state index contributed by atoms with van der Waals surface area (Å²) in [4.78, 5) is 9.47. The monoisotopic (exact) mass is 335 g/mol. The van der Waals surface area contributed by atoms with Gasteiger partial charge in [-0.05, 0) is 25.5 Å². The van der Waals surface area contributed by atoms with Crippen LogP contribution in [-0.4, -0.2) is 40.5 Å². The highest BCUT2D eigenvalue weighted by atomic mass is 35.5. The molecule has 1 aromatic carbocycles. The van der Waals surface area contributed by atoms with Crippen LogP contribution in [0.15, 0.2) is 35.7 Å². The molecule has 118 valence electrons. The van der Waals surface area contributed by atoms with Crippen molar-refractivity contribution in [3.8, 4) is 0 Å². The van der Waals surface area contributed by atoms with Gasteiger partial charge in [0.05, 0.1) is 5.69 Å². The number of aromatic nitrogens is 1. The molecule has 0 spiro atoms. The van der Waals surface area contributed by atoms with E-state index in [0.717, 1.165) is 38.4 Å². The van der Waals surface area contributed by atoms with Crippen LogP contribution in [0.2, 0.25) is 4.47 Å². The predicted octanol–water partition coefficient (Wildman–Crippen LogP) is 3.89. The number of hydrogen-bond donors (Lipinski definition) is 0. The first-order valence-electron chi connectivity index (χ1n) is 7.81. The molecule has 1 unspecified atom stereocenters. The van der Waals surface area contributed by atoms with Crippen LogP contribution in [0.5, 0.6) is 0 Å². The summed E-state index contributed by atoms with van der Waals surface area (Å²) in [6, 6.07) is 11.3. The minimum atomic E-state index is 0.534. The van der Waals surface area contributed by atoms with Gasteiger partial charge in [0.15, 0.2) is 4.47 Å². The fourth-order valence-electron chi connectivity index (χ4n) is 3.08. The van der Waals surface area contributed by atoms with Crippen LogP contribution in [0.25, 0.3) is 0 Å². The molecule has 1 fully saturated rings. The summed E-state index contributed by atoms with van der Waals surface area (Å²) >= 11 is 7.46. The second-order valence-corrected chi connectivity index (χ2v) is 7.43. The second kappa shape index (κ2) is 7.55. The molecule has 5 heteroatoms. The Morgan fingerprint density at radius 1 is 1.23 bits per heavy atom. The lowest BCUT2D eigenvalue weighted by Crippen LogP contribution is -2.38. The molecule has 22 heavy (non-hydrogen) atoms. The summed E-state index contributed by atoms with van der Waals surface area (Å²) in [6.07, 6.45) is 1.20. The third kappa shape index (κ3) is 4.29. The number of thiazole rings is 1. The molecule has 0 aliphatic carbocycles.